The molecule has 0 aliphatic rings. The average molecular weight is 327 g/mol. The summed E-state index contributed by atoms with van der Waals surface area (Å²) in [5.41, 5.74) is 0.537. The molecule has 0 aliphatic heterocycles. The van der Waals surface area contributed by atoms with Gasteiger partial charge in [0, 0.05) is 34.5 Å². The minimum atomic E-state index is -0.879. The third kappa shape index (κ3) is 4.00. The Hall–Kier alpha value is -1.49. The van der Waals surface area contributed by atoms with Crippen LogP contribution in [0.15, 0.2) is 42.7 Å². The fraction of sp³-hybridized carbons (Fsp3) is 0.267. The number of nitrogens with zero attached hydrogens (tertiary/aromatic N) is 1. The second-order valence-electron chi connectivity index (χ2n) is 4.73. The zero-order chi connectivity index (χ0) is 15.4. The number of carbonyl (C=O) groups excluding carboxylic acids is 1. The van der Waals surface area contributed by atoms with Gasteiger partial charge in [0.1, 0.15) is 6.04 Å². The number of aromatic nitrogens is 1. The second-order valence-corrected chi connectivity index (χ2v) is 5.58. The van der Waals surface area contributed by atoms with Crippen LogP contribution in [0.2, 0.25) is 10.0 Å². The summed E-state index contributed by atoms with van der Waals surface area (Å²) in [7, 11) is 0. The first-order valence-electron chi connectivity index (χ1n) is 6.52. The predicted octanol–water partition coefficient (Wildman–Crippen LogP) is 3.21. The highest BCUT2D eigenvalue weighted by Crippen LogP contribution is 2.26. The lowest BCUT2D eigenvalue weighted by atomic mass is 10.1. The highest BCUT2D eigenvalue weighted by molar-refractivity contribution is 6.35. The van der Waals surface area contributed by atoms with Crippen LogP contribution in [-0.4, -0.2) is 22.1 Å². The van der Waals surface area contributed by atoms with Crippen LogP contribution in [0.1, 0.15) is 24.6 Å². The SMILES string of the molecule is CC(C(=O)NCC(O)c1ccc(Cl)cc1Cl)n1cccc1. The van der Waals surface area contributed by atoms with E-state index >= 15 is 0 Å². The molecule has 21 heavy (non-hydrogen) atoms. The van der Waals surface area contributed by atoms with Gasteiger partial charge >= 0.3 is 0 Å². The van der Waals surface area contributed by atoms with Crippen molar-refractivity contribution in [2.75, 3.05) is 6.54 Å². The van der Waals surface area contributed by atoms with Crippen molar-refractivity contribution in [3.8, 4) is 0 Å². The summed E-state index contributed by atoms with van der Waals surface area (Å²) >= 11 is 11.8. The van der Waals surface area contributed by atoms with E-state index in [1.807, 2.05) is 24.5 Å². The van der Waals surface area contributed by atoms with Crippen molar-refractivity contribution in [3.63, 3.8) is 0 Å². The van der Waals surface area contributed by atoms with E-state index in [4.69, 9.17) is 23.2 Å². The minimum Gasteiger partial charge on any atom is -0.387 e. The zero-order valence-electron chi connectivity index (χ0n) is 11.5. The van der Waals surface area contributed by atoms with E-state index in [9.17, 15) is 9.90 Å². The molecule has 0 saturated heterocycles. The monoisotopic (exact) mass is 326 g/mol. The molecule has 2 aromatic rings. The molecule has 2 rings (SSSR count). The van der Waals surface area contributed by atoms with Gasteiger partial charge in [-0.3, -0.25) is 4.79 Å². The van der Waals surface area contributed by atoms with Crippen molar-refractivity contribution in [2.24, 2.45) is 0 Å². The molecule has 2 atom stereocenters. The number of aliphatic hydroxyl groups excluding tert-OH is 1. The molecule has 6 heteroatoms. The highest BCUT2D eigenvalue weighted by Gasteiger charge is 2.17. The number of hydrogen-bond donors (Lipinski definition) is 2. The largest absolute Gasteiger partial charge is 0.387 e. The normalized spacial score (nSPS) is 13.7. The number of carbonyl (C=O) groups is 1. The van der Waals surface area contributed by atoms with Crippen LogP contribution in [-0.2, 0) is 4.79 Å². The van der Waals surface area contributed by atoms with Gasteiger partial charge in [-0.1, -0.05) is 29.3 Å². The third-order valence-electron chi connectivity index (χ3n) is 3.25. The first-order chi connectivity index (χ1) is 9.99. The van der Waals surface area contributed by atoms with Crippen LogP contribution in [0, 0.1) is 0 Å². The van der Waals surface area contributed by atoms with Gasteiger partial charge in [0.2, 0.25) is 5.91 Å². The van der Waals surface area contributed by atoms with Gasteiger partial charge in [-0.25, -0.2) is 0 Å². The molecule has 2 unspecified atom stereocenters. The van der Waals surface area contributed by atoms with E-state index in [1.54, 1.807) is 29.7 Å². The molecule has 1 heterocycles. The molecule has 0 radical (unpaired) electrons. The van der Waals surface area contributed by atoms with Gasteiger partial charge in [0.25, 0.3) is 0 Å². The summed E-state index contributed by atoms with van der Waals surface area (Å²) in [6.45, 7) is 1.88. The van der Waals surface area contributed by atoms with Gasteiger partial charge in [-0.05, 0) is 31.2 Å². The van der Waals surface area contributed by atoms with E-state index in [2.05, 4.69) is 5.32 Å². The third-order valence-corrected chi connectivity index (χ3v) is 3.81. The molecule has 2 N–H and O–H groups in total. The van der Waals surface area contributed by atoms with Gasteiger partial charge < -0.3 is 15.0 Å². The molecule has 1 aromatic carbocycles. The van der Waals surface area contributed by atoms with Crippen molar-refractivity contribution >= 4 is 29.1 Å². The van der Waals surface area contributed by atoms with E-state index < -0.39 is 6.10 Å². The second kappa shape index (κ2) is 6.98. The molecule has 1 amide bonds. The van der Waals surface area contributed by atoms with Crippen LogP contribution < -0.4 is 5.32 Å². The van der Waals surface area contributed by atoms with E-state index in [-0.39, 0.29) is 18.5 Å². The predicted molar refractivity (Wildman–Crippen MR) is 83.6 cm³/mol. The number of nitrogens with one attached hydrogen (secondary N) is 1. The van der Waals surface area contributed by atoms with Gasteiger partial charge in [-0.2, -0.15) is 0 Å². The number of amides is 1. The molecule has 1 aromatic heterocycles. The van der Waals surface area contributed by atoms with E-state index in [1.165, 1.54) is 0 Å². The molecule has 112 valence electrons. The fourth-order valence-corrected chi connectivity index (χ4v) is 2.50. The first-order valence-corrected chi connectivity index (χ1v) is 7.28. The standard InChI is InChI=1S/C15H16Cl2N2O2/c1-10(19-6-2-3-7-19)15(21)18-9-14(20)12-5-4-11(16)8-13(12)17/h2-8,10,14,20H,9H2,1H3,(H,18,21). The summed E-state index contributed by atoms with van der Waals surface area (Å²) in [5.74, 6) is -0.171. The Balaban J connectivity index is 1.94. The lowest BCUT2D eigenvalue weighted by Gasteiger charge is -2.17. The summed E-state index contributed by atoms with van der Waals surface area (Å²) in [6.07, 6.45) is 2.75. The van der Waals surface area contributed by atoms with Gasteiger partial charge in [-0.15, -0.1) is 0 Å². The van der Waals surface area contributed by atoms with Crippen LogP contribution in [0.4, 0.5) is 0 Å². The highest BCUT2D eigenvalue weighted by atomic mass is 35.5. The topological polar surface area (TPSA) is 54.3 Å². The number of aliphatic hydroxyl groups is 1. The molecule has 4 nitrogen and oxygen atoms in total. The lowest BCUT2D eigenvalue weighted by Crippen LogP contribution is -2.33. The van der Waals surface area contributed by atoms with Crippen LogP contribution >= 0.6 is 23.2 Å². The van der Waals surface area contributed by atoms with Crippen molar-refractivity contribution in [1.29, 1.82) is 0 Å². The van der Waals surface area contributed by atoms with Crippen molar-refractivity contribution in [3.05, 3.63) is 58.3 Å². The summed E-state index contributed by atoms with van der Waals surface area (Å²) in [6, 6.07) is 8.23. The maximum absolute atomic E-state index is 12.0. The summed E-state index contributed by atoms with van der Waals surface area (Å²) < 4.78 is 1.79. The molecule has 0 spiro atoms. The quantitative estimate of drug-likeness (QED) is 0.886. The molecular weight excluding hydrogens is 311 g/mol. The maximum Gasteiger partial charge on any atom is 0.242 e. The number of hydrogen-bond acceptors (Lipinski definition) is 2. The van der Waals surface area contributed by atoms with Crippen LogP contribution in [0.5, 0.6) is 0 Å². The van der Waals surface area contributed by atoms with E-state index in [0.717, 1.165) is 0 Å². The Kier molecular flexibility index (Phi) is 5.28. The van der Waals surface area contributed by atoms with Crippen molar-refractivity contribution < 1.29 is 9.90 Å². The lowest BCUT2D eigenvalue weighted by molar-refractivity contribution is -0.124. The zero-order valence-corrected chi connectivity index (χ0v) is 13.0. The summed E-state index contributed by atoms with van der Waals surface area (Å²) in [5, 5.41) is 13.7. The Labute approximate surface area is 133 Å². The first kappa shape index (κ1) is 15.9. The molecule has 0 bridgehead atoms. The average Bonchev–Trinajstić information content (AvgIpc) is 2.97. The Morgan fingerprint density at radius 1 is 1.33 bits per heavy atom. The number of benzene rings is 1. The Morgan fingerprint density at radius 3 is 2.62 bits per heavy atom. The van der Waals surface area contributed by atoms with Crippen molar-refractivity contribution in [2.45, 2.75) is 19.1 Å². The molecule has 0 saturated carbocycles. The van der Waals surface area contributed by atoms with Gasteiger partial charge in [0.15, 0.2) is 0 Å². The van der Waals surface area contributed by atoms with Crippen molar-refractivity contribution in [1.82, 2.24) is 9.88 Å². The number of halogens is 2. The van der Waals surface area contributed by atoms with E-state index in [0.29, 0.717) is 15.6 Å². The molecular formula is C15H16Cl2N2O2. The molecule has 0 fully saturated rings. The van der Waals surface area contributed by atoms with Crippen LogP contribution in [0.25, 0.3) is 0 Å². The maximum atomic E-state index is 12.0. The Morgan fingerprint density at radius 2 is 2.00 bits per heavy atom. The molecule has 0 aliphatic carbocycles. The minimum absolute atomic E-state index is 0.0891. The van der Waals surface area contributed by atoms with Crippen LogP contribution in [0.3, 0.4) is 0 Å². The summed E-state index contributed by atoms with van der Waals surface area (Å²) in [4.78, 5) is 12.0. The van der Waals surface area contributed by atoms with Gasteiger partial charge in [0.05, 0.1) is 6.10 Å². The fourth-order valence-electron chi connectivity index (χ4n) is 1.97. The smallest absolute Gasteiger partial charge is 0.242 e. The number of rotatable bonds is 5. The Bertz CT molecular complexity index is 614.